The Hall–Kier alpha value is -3.85. The molecule has 2 heterocycles. The van der Waals surface area contributed by atoms with Crippen molar-refractivity contribution >= 4 is 5.78 Å². The number of benzene rings is 2. The van der Waals surface area contributed by atoms with E-state index in [1.165, 1.54) is 0 Å². The van der Waals surface area contributed by atoms with Crippen LogP contribution >= 0.6 is 0 Å². The molecule has 3 aromatic rings. The van der Waals surface area contributed by atoms with Crippen molar-refractivity contribution in [3.05, 3.63) is 82.7 Å². The molecule has 0 amide bonds. The molecule has 0 spiro atoms. The molecule has 0 radical (unpaired) electrons. The van der Waals surface area contributed by atoms with Gasteiger partial charge in [0, 0.05) is 35.5 Å². The fraction of sp³-hybridized carbons (Fsp3) is 0.296. The van der Waals surface area contributed by atoms with E-state index in [1.54, 1.807) is 30.6 Å². The molecule has 6 nitrogen and oxygen atoms in total. The lowest BCUT2D eigenvalue weighted by Crippen LogP contribution is -2.18. The molecule has 0 N–H and O–H groups in total. The molecule has 168 valence electrons. The predicted octanol–water partition coefficient (Wildman–Crippen LogP) is 5.43. The summed E-state index contributed by atoms with van der Waals surface area (Å²) in [6.07, 6.45) is 3.30. The molecule has 2 aromatic carbocycles. The molecule has 0 saturated heterocycles. The van der Waals surface area contributed by atoms with Crippen molar-refractivity contribution in [1.29, 1.82) is 5.26 Å². The highest BCUT2D eigenvalue weighted by molar-refractivity contribution is 6.00. The molecule has 1 atom stereocenters. The fourth-order valence-corrected chi connectivity index (χ4v) is 3.77. The van der Waals surface area contributed by atoms with E-state index in [1.807, 2.05) is 31.2 Å². The Morgan fingerprint density at radius 3 is 2.64 bits per heavy atom. The quantitative estimate of drug-likeness (QED) is 0.485. The molecular formula is C27H26N2O4. The van der Waals surface area contributed by atoms with Gasteiger partial charge < -0.3 is 14.2 Å². The maximum Gasteiger partial charge on any atom is 0.170 e. The van der Waals surface area contributed by atoms with Crippen LogP contribution < -0.4 is 14.2 Å². The standard InChI is InChI=1S/C27H26N2O4/c1-17(2)16-32-25-14-19(15-28)4-5-22(25)27(20-8-11-29-12-9-20)33-24-7-6-21-23(30)10-13-31-26(21)18(24)3/h4-9,11-12,14,17,27H,10,13,16H2,1-3H3. The number of ether oxygens (including phenoxy) is 3. The highest BCUT2D eigenvalue weighted by Gasteiger charge is 2.26. The Labute approximate surface area is 193 Å². The lowest BCUT2D eigenvalue weighted by atomic mass is 9.98. The van der Waals surface area contributed by atoms with Gasteiger partial charge in [-0.25, -0.2) is 0 Å². The van der Waals surface area contributed by atoms with E-state index >= 15 is 0 Å². The summed E-state index contributed by atoms with van der Waals surface area (Å²) in [6, 6.07) is 14.9. The van der Waals surface area contributed by atoms with Gasteiger partial charge in [0.1, 0.15) is 17.2 Å². The second-order valence-corrected chi connectivity index (χ2v) is 8.43. The first-order chi connectivity index (χ1) is 16.0. The van der Waals surface area contributed by atoms with Crippen LogP contribution in [0, 0.1) is 24.2 Å². The third kappa shape index (κ3) is 4.83. The van der Waals surface area contributed by atoms with Crippen LogP contribution in [-0.4, -0.2) is 24.0 Å². The topological polar surface area (TPSA) is 81.4 Å². The van der Waals surface area contributed by atoms with Gasteiger partial charge in [-0.15, -0.1) is 0 Å². The molecule has 33 heavy (non-hydrogen) atoms. The number of hydrogen-bond acceptors (Lipinski definition) is 6. The summed E-state index contributed by atoms with van der Waals surface area (Å²) in [4.78, 5) is 16.4. The van der Waals surface area contributed by atoms with Crippen LogP contribution in [0.25, 0.3) is 0 Å². The summed E-state index contributed by atoms with van der Waals surface area (Å²) < 4.78 is 18.5. The number of nitriles is 1. The Balaban J connectivity index is 1.79. The summed E-state index contributed by atoms with van der Waals surface area (Å²) in [6.45, 7) is 6.92. The van der Waals surface area contributed by atoms with Crippen molar-refractivity contribution in [3.63, 3.8) is 0 Å². The zero-order valence-electron chi connectivity index (χ0n) is 19.0. The predicted molar refractivity (Wildman–Crippen MR) is 124 cm³/mol. The van der Waals surface area contributed by atoms with Gasteiger partial charge in [0.05, 0.1) is 30.4 Å². The lowest BCUT2D eigenvalue weighted by molar-refractivity contribution is 0.0932. The van der Waals surface area contributed by atoms with Crippen molar-refractivity contribution in [2.75, 3.05) is 13.2 Å². The molecule has 1 aliphatic heterocycles. The van der Waals surface area contributed by atoms with E-state index in [9.17, 15) is 10.1 Å². The van der Waals surface area contributed by atoms with Gasteiger partial charge in [0.2, 0.25) is 0 Å². The van der Waals surface area contributed by atoms with Crippen LogP contribution in [-0.2, 0) is 0 Å². The van der Waals surface area contributed by atoms with Gasteiger partial charge in [-0.2, -0.15) is 5.26 Å². The van der Waals surface area contributed by atoms with Crippen LogP contribution in [0.4, 0.5) is 0 Å². The van der Waals surface area contributed by atoms with E-state index in [2.05, 4.69) is 24.9 Å². The van der Waals surface area contributed by atoms with Gasteiger partial charge >= 0.3 is 0 Å². The first kappa shape index (κ1) is 22.3. The summed E-state index contributed by atoms with van der Waals surface area (Å²) >= 11 is 0. The van der Waals surface area contributed by atoms with Gasteiger partial charge in [0.15, 0.2) is 11.9 Å². The van der Waals surface area contributed by atoms with Crippen LogP contribution in [0.5, 0.6) is 17.2 Å². The molecule has 1 aromatic heterocycles. The van der Waals surface area contributed by atoms with E-state index in [4.69, 9.17) is 14.2 Å². The third-order valence-corrected chi connectivity index (χ3v) is 5.48. The Kier molecular flexibility index (Phi) is 6.60. The van der Waals surface area contributed by atoms with Crippen LogP contribution in [0.2, 0.25) is 0 Å². The highest BCUT2D eigenvalue weighted by Crippen LogP contribution is 2.40. The van der Waals surface area contributed by atoms with Crippen LogP contribution in [0.1, 0.15) is 59.0 Å². The molecule has 6 heteroatoms. The summed E-state index contributed by atoms with van der Waals surface area (Å²) in [5.41, 5.74) is 3.57. The fourth-order valence-electron chi connectivity index (χ4n) is 3.77. The monoisotopic (exact) mass is 442 g/mol. The van der Waals surface area contributed by atoms with E-state index in [0.29, 0.717) is 53.9 Å². The largest absolute Gasteiger partial charge is 0.493 e. The number of fused-ring (bicyclic) bond motifs is 1. The minimum atomic E-state index is -0.515. The second-order valence-electron chi connectivity index (χ2n) is 8.43. The molecule has 0 fully saturated rings. The number of ketones is 1. The smallest absolute Gasteiger partial charge is 0.170 e. The highest BCUT2D eigenvalue weighted by atomic mass is 16.5. The molecule has 4 rings (SSSR count). The Bertz CT molecular complexity index is 1200. The first-order valence-electron chi connectivity index (χ1n) is 11.0. The molecule has 1 unspecified atom stereocenters. The average Bonchev–Trinajstić information content (AvgIpc) is 2.83. The third-order valence-electron chi connectivity index (χ3n) is 5.48. The Morgan fingerprint density at radius 2 is 1.91 bits per heavy atom. The number of rotatable bonds is 7. The summed E-state index contributed by atoms with van der Waals surface area (Å²) in [5.74, 6) is 2.19. The normalized spacial score (nSPS) is 13.6. The van der Waals surface area contributed by atoms with Gasteiger partial charge in [0.25, 0.3) is 0 Å². The SMILES string of the molecule is Cc1c(OC(c2ccncc2)c2ccc(C#N)cc2OCC(C)C)ccc2c1OCCC2=O. The number of aromatic nitrogens is 1. The van der Waals surface area contributed by atoms with E-state index < -0.39 is 6.10 Å². The number of nitrogens with zero attached hydrogens (tertiary/aromatic N) is 2. The second kappa shape index (κ2) is 9.74. The van der Waals surface area contributed by atoms with Crippen molar-refractivity contribution in [1.82, 2.24) is 4.98 Å². The molecular weight excluding hydrogens is 416 g/mol. The number of carbonyl (C=O) groups is 1. The van der Waals surface area contributed by atoms with Crippen LogP contribution in [0.15, 0.2) is 54.9 Å². The zero-order valence-corrected chi connectivity index (χ0v) is 19.0. The molecule has 0 bridgehead atoms. The van der Waals surface area contributed by atoms with Crippen molar-refractivity contribution in [2.45, 2.75) is 33.3 Å². The van der Waals surface area contributed by atoms with Crippen molar-refractivity contribution < 1.29 is 19.0 Å². The molecule has 0 aliphatic carbocycles. The van der Waals surface area contributed by atoms with E-state index in [-0.39, 0.29) is 5.78 Å². The average molecular weight is 443 g/mol. The Morgan fingerprint density at radius 1 is 1.12 bits per heavy atom. The van der Waals surface area contributed by atoms with E-state index in [0.717, 1.165) is 16.7 Å². The zero-order chi connectivity index (χ0) is 23.4. The van der Waals surface area contributed by atoms with Gasteiger partial charge in [-0.3, -0.25) is 9.78 Å². The minimum absolute atomic E-state index is 0.0769. The number of Topliss-reactive ketones (excluding diaryl/α,β-unsaturated/α-hetero) is 1. The number of hydrogen-bond donors (Lipinski definition) is 0. The van der Waals surface area contributed by atoms with Gasteiger partial charge in [-0.05, 0) is 55.3 Å². The maximum absolute atomic E-state index is 12.3. The lowest BCUT2D eigenvalue weighted by Gasteiger charge is -2.26. The number of carbonyl (C=O) groups excluding carboxylic acids is 1. The van der Waals surface area contributed by atoms with Crippen molar-refractivity contribution in [2.24, 2.45) is 5.92 Å². The van der Waals surface area contributed by atoms with Gasteiger partial charge in [-0.1, -0.05) is 13.8 Å². The maximum atomic E-state index is 12.3. The summed E-state index contributed by atoms with van der Waals surface area (Å²) in [7, 11) is 0. The van der Waals surface area contributed by atoms with Crippen molar-refractivity contribution in [3.8, 4) is 23.3 Å². The summed E-state index contributed by atoms with van der Waals surface area (Å²) in [5, 5.41) is 9.41. The van der Waals surface area contributed by atoms with Crippen LogP contribution in [0.3, 0.4) is 0 Å². The first-order valence-corrected chi connectivity index (χ1v) is 11.0. The molecule has 1 aliphatic rings. The number of pyridine rings is 1. The molecule has 0 saturated carbocycles. The minimum Gasteiger partial charge on any atom is -0.493 e.